The molecule has 0 amide bonds. The second kappa shape index (κ2) is 5.07. The minimum absolute atomic E-state index is 0.283. The van der Waals surface area contributed by atoms with Crippen molar-refractivity contribution < 1.29 is 19.2 Å². The van der Waals surface area contributed by atoms with E-state index in [-0.39, 0.29) is 17.4 Å². The van der Waals surface area contributed by atoms with Gasteiger partial charge in [-0.1, -0.05) is 0 Å². The van der Waals surface area contributed by atoms with Crippen molar-refractivity contribution in [3.8, 4) is 0 Å². The Labute approximate surface area is 115 Å². The first-order valence-electron chi connectivity index (χ1n) is 6.27. The Morgan fingerprint density at radius 3 is 2.70 bits per heavy atom. The van der Waals surface area contributed by atoms with Crippen molar-refractivity contribution in [2.75, 3.05) is 11.4 Å². The molecular formula is C13H15FN2O4. The van der Waals surface area contributed by atoms with Gasteiger partial charge in [0.2, 0.25) is 0 Å². The Hall–Kier alpha value is -2.18. The van der Waals surface area contributed by atoms with Crippen LogP contribution in [0.15, 0.2) is 12.1 Å². The maximum absolute atomic E-state index is 13.5. The van der Waals surface area contributed by atoms with E-state index in [1.165, 1.54) is 13.0 Å². The Bertz CT molecular complexity index is 576. The lowest BCUT2D eigenvalue weighted by atomic mass is 10.0. The van der Waals surface area contributed by atoms with Crippen LogP contribution in [0.5, 0.6) is 0 Å². The number of hydrogen-bond acceptors (Lipinski definition) is 4. The third-order valence-corrected chi connectivity index (χ3v) is 3.83. The van der Waals surface area contributed by atoms with Gasteiger partial charge in [0.25, 0.3) is 5.69 Å². The highest BCUT2D eigenvalue weighted by Gasteiger charge is 2.38. The summed E-state index contributed by atoms with van der Waals surface area (Å²) in [6.07, 6.45) is 0.421. The first kappa shape index (κ1) is 14.2. The third kappa shape index (κ3) is 2.31. The molecule has 0 aliphatic carbocycles. The summed E-state index contributed by atoms with van der Waals surface area (Å²) in [4.78, 5) is 23.2. The molecule has 1 aliphatic rings. The molecule has 1 aromatic rings. The standard InChI is InChI=1S/C13H15FN2O4/c1-7-5-11(12(16(19)20)6-10(7)14)15-4-3-9(8(15)2)13(17)18/h5-6,8-9H,3-4H2,1-2H3,(H,17,18). The van der Waals surface area contributed by atoms with Gasteiger partial charge in [0.15, 0.2) is 0 Å². The van der Waals surface area contributed by atoms with E-state index in [9.17, 15) is 19.3 Å². The Balaban J connectivity index is 2.45. The van der Waals surface area contributed by atoms with Crippen LogP contribution in [0.2, 0.25) is 0 Å². The fourth-order valence-corrected chi connectivity index (χ4v) is 2.64. The zero-order valence-electron chi connectivity index (χ0n) is 11.2. The van der Waals surface area contributed by atoms with Gasteiger partial charge in [0, 0.05) is 12.6 Å². The van der Waals surface area contributed by atoms with Gasteiger partial charge < -0.3 is 10.0 Å². The summed E-state index contributed by atoms with van der Waals surface area (Å²) in [7, 11) is 0. The summed E-state index contributed by atoms with van der Waals surface area (Å²) < 4.78 is 13.5. The number of benzene rings is 1. The minimum atomic E-state index is -0.915. The minimum Gasteiger partial charge on any atom is -0.481 e. The number of nitrogens with zero attached hydrogens (tertiary/aromatic N) is 2. The molecule has 2 atom stereocenters. The lowest BCUT2D eigenvalue weighted by molar-refractivity contribution is -0.384. The number of carbonyl (C=O) groups is 1. The summed E-state index contributed by atoms with van der Waals surface area (Å²) >= 11 is 0. The molecule has 2 unspecified atom stereocenters. The summed E-state index contributed by atoms with van der Waals surface area (Å²) in [6, 6.07) is 1.94. The topological polar surface area (TPSA) is 83.7 Å². The number of nitro benzene ring substituents is 1. The van der Waals surface area contributed by atoms with Gasteiger partial charge in [-0.25, -0.2) is 4.39 Å². The van der Waals surface area contributed by atoms with Crippen LogP contribution in [0.25, 0.3) is 0 Å². The van der Waals surface area contributed by atoms with E-state index in [2.05, 4.69) is 0 Å². The average molecular weight is 282 g/mol. The van der Waals surface area contributed by atoms with Gasteiger partial charge in [0.05, 0.1) is 16.9 Å². The maximum Gasteiger partial charge on any atom is 0.308 e. The molecule has 0 saturated carbocycles. The number of hydrogen-bond donors (Lipinski definition) is 1. The molecule has 108 valence electrons. The van der Waals surface area contributed by atoms with Crippen molar-refractivity contribution in [2.24, 2.45) is 5.92 Å². The number of carboxylic acids is 1. The molecule has 1 aliphatic heterocycles. The van der Waals surface area contributed by atoms with Crippen LogP contribution >= 0.6 is 0 Å². The van der Waals surface area contributed by atoms with Crippen LogP contribution in [-0.2, 0) is 4.79 Å². The predicted molar refractivity (Wildman–Crippen MR) is 70.3 cm³/mol. The van der Waals surface area contributed by atoms with Crippen LogP contribution in [0.1, 0.15) is 18.9 Å². The van der Waals surface area contributed by atoms with Crippen LogP contribution in [0.3, 0.4) is 0 Å². The van der Waals surface area contributed by atoms with Gasteiger partial charge >= 0.3 is 5.97 Å². The SMILES string of the molecule is Cc1cc(N2CCC(C(=O)O)C2C)c([N+](=O)[O-])cc1F. The number of anilines is 1. The largest absolute Gasteiger partial charge is 0.481 e. The molecule has 0 spiro atoms. The zero-order valence-corrected chi connectivity index (χ0v) is 11.2. The number of aryl methyl sites for hydroxylation is 1. The molecule has 1 aromatic carbocycles. The molecule has 20 heavy (non-hydrogen) atoms. The number of halogens is 1. The quantitative estimate of drug-likeness (QED) is 0.679. The molecule has 0 radical (unpaired) electrons. The molecule has 7 heteroatoms. The number of aliphatic carboxylic acids is 1. The van der Waals surface area contributed by atoms with E-state index in [0.29, 0.717) is 18.5 Å². The number of rotatable bonds is 3. The second-order valence-corrected chi connectivity index (χ2v) is 5.01. The fraction of sp³-hybridized carbons (Fsp3) is 0.462. The van der Waals surface area contributed by atoms with E-state index in [1.807, 2.05) is 0 Å². The third-order valence-electron chi connectivity index (χ3n) is 3.83. The van der Waals surface area contributed by atoms with Crippen molar-refractivity contribution in [2.45, 2.75) is 26.3 Å². The highest BCUT2D eigenvalue weighted by Crippen LogP contribution is 2.37. The molecule has 2 rings (SSSR count). The average Bonchev–Trinajstić information content (AvgIpc) is 2.73. The fourth-order valence-electron chi connectivity index (χ4n) is 2.64. The molecule has 1 fully saturated rings. The van der Waals surface area contributed by atoms with Gasteiger partial charge in [0.1, 0.15) is 11.5 Å². The van der Waals surface area contributed by atoms with Crippen molar-refractivity contribution >= 4 is 17.3 Å². The molecule has 1 N–H and O–H groups in total. The summed E-state index contributed by atoms with van der Waals surface area (Å²) in [5, 5.41) is 20.2. The van der Waals surface area contributed by atoms with Crippen molar-refractivity contribution in [1.82, 2.24) is 0 Å². The van der Waals surface area contributed by atoms with Crippen LogP contribution in [-0.4, -0.2) is 28.6 Å². The van der Waals surface area contributed by atoms with Crippen LogP contribution < -0.4 is 4.90 Å². The van der Waals surface area contributed by atoms with Crippen molar-refractivity contribution in [1.29, 1.82) is 0 Å². The molecule has 1 heterocycles. The lowest BCUT2D eigenvalue weighted by Gasteiger charge is -2.25. The number of nitro groups is 1. The van der Waals surface area contributed by atoms with Gasteiger partial charge in [-0.15, -0.1) is 0 Å². The first-order chi connectivity index (χ1) is 9.32. The molecule has 6 nitrogen and oxygen atoms in total. The smallest absolute Gasteiger partial charge is 0.308 e. The van der Waals surface area contributed by atoms with Crippen LogP contribution in [0, 0.1) is 28.8 Å². The second-order valence-electron chi connectivity index (χ2n) is 5.01. The van der Waals surface area contributed by atoms with Gasteiger partial charge in [-0.05, 0) is 31.9 Å². The summed E-state index contributed by atoms with van der Waals surface area (Å²) in [5.74, 6) is -2.12. The molecule has 0 aromatic heterocycles. The van der Waals surface area contributed by atoms with E-state index in [4.69, 9.17) is 5.11 Å². The van der Waals surface area contributed by atoms with E-state index >= 15 is 0 Å². The van der Waals surface area contributed by atoms with Gasteiger partial charge in [-0.3, -0.25) is 14.9 Å². The lowest BCUT2D eigenvalue weighted by Crippen LogP contribution is -2.33. The Morgan fingerprint density at radius 2 is 2.20 bits per heavy atom. The predicted octanol–water partition coefficient (Wildman–Crippen LogP) is 2.34. The number of carboxylic acid groups (broad SMARTS) is 1. The van der Waals surface area contributed by atoms with Crippen molar-refractivity contribution in [3.63, 3.8) is 0 Å². The summed E-state index contributed by atoms with van der Waals surface area (Å²) in [6.45, 7) is 3.65. The van der Waals surface area contributed by atoms with E-state index in [1.54, 1.807) is 11.8 Å². The monoisotopic (exact) mass is 282 g/mol. The Kier molecular flexibility index (Phi) is 3.61. The van der Waals surface area contributed by atoms with E-state index < -0.39 is 22.6 Å². The summed E-state index contributed by atoms with van der Waals surface area (Å²) in [5.41, 5.74) is 0.257. The highest BCUT2D eigenvalue weighted by molar-refractivity contribution is 5.74. The first-order valence-corrected chi connectivity index (χ1v) is 6.27. The highest BCUT2D eigenvalue weighted by atomic mass is 19.1. The normalized spacial score (nSPS) is 22.1. The maximum atomic E-state index is 13.5. The molecular weight excluding hydrogens is 267 g/mol. The Morgan fingerprint density at radius 1 is 1.55 bits per heavy atom. The van der Waals surface area contributed by atoms with Crippen LogP contribution in [0.4, 0.5) is 15.8 Å². The van der Waals surface area contributed by atoms with E-state index in [0.717, 1.165) is 6.07 Å². The van der Waals surface area contributed by atoms with Gasteiger partial charge in [-0.2, -0.15) is 0 Å². The molecule has 1 saturated heterocycles. The van der Waals surface area contributed by atoms with Crippen molar-refractivity contribution in [3.05, 3.63) is 33.6 Å². The molecule has 0 bridgehead atoms. The zero-order chi connectivity index (χ0) is 15.0.